The van der Waals surface area contributed by atoms with Gasteiger partial charge in [-0.3, -0.25) is 9.48 Å². The largest absolute Gasteiger partial charge is 0.349 e. The quantitative estimate of drug-likeness (QED) is 0.942. The molecule has 3 rings (SSSR count). The summed E-state index contributed by atoms with van der Waals surface area (Å²) in [5.74, 6) is -0.0724. The van der Waals surface area contributed by atoms with Gasteiger partial charge in [-0.1, -0.05) is 12.1 Å². The van der Waals surface area contributed by atoms with Gasteiger partial charge in [-0.05, 0) is 45.7 Å². The molecule has 118 valence electrons. The summed E-state index contributed by atoms with van der Waals surface area (Å²) >= 11 is 0. The van der Waals surface area contributed by atoms with Crippen LogP contribution in [0.15, 0.2) is 24.3 Å². The Labute approximate surface area is 135 Å². The van der Waals surface area contributed by atoms with Crippen molar-refractivity contribution in [1.29, 1.82) is 5.26 Å². The van der Waals surface area contributed by atoms with Gasteiger partial charge in [0, 0.05) is 17.2 Å². The summed E-state index contributed by atoms with van der Waals surface area (Å²) in [5.41, 5.74) is 3.90. The highest BCUT2D eigenvalue weighted by Gasteiger charge is 2.32. The van der Waals surface area contributed by atoms with Gasteiger partial charge in [0.05, 0.1) is 23.4 Å². The zero-order valence-corrected chi connectivity index (χ0v) is 13.6. The molecule has 0 bridgehead atoms. The molecule has 2 aromatic rings. The Balaban J connectivity index is 2.04. The van der Waals surface area contributed by atoms with Crippen LogP contribution < -0.4 is 5.32 Å². The molecule has 23 heavy (non-hydrogen) atoms. The van der Waals surface area contributed by atoms with Gasteiger partial charge in [-0.25, -0.2) is 0 Å². The maximum absolute atomic E-state index is 12.6. The lowest BCUT2D eigenvalue weighted by atomic mass is 10.0. The van der Waals surface area contributed by atoms with Crippen molar-refractivity contribution in [3.63, 3.8) is 0 Å². The lowest BCUT2D eigenvalue weighted by molar-refractivity contribution is 0.0931. The highest BCUT2D eigenvalue weighted by Crippen LogP contribution is 2.38. The number of hydrogen-bond donors (Lipinski definition) is 1. The summed E-state index contributed by atoms with van der Waals surface area (Å²) in [5, 5.41) is 16.6. The van der Waals surface area contributed by atoms with Crippen LogP contribution in [0.4, 0.5) is 0 Å². The maximum atomic E-state index is 12.6. The Hall–Kier alpha value is -2.61. The second kappa shape index (κ2) is 5.88. The van der Waals surface area contributed by atoms with Crippen molar-refractivity contribution >= 4 is 5.91 Å². The number of rotatable bonds is 4. The third-order valence-electron chi connectivity index (χ3n) is 3.96. The fraction of sp³-hybridized carbons (Fsp3) is 0.389. The van der Waals surface area contributed by atoms with Gasteiger partial charge in [-0.15, -0.1) is 0 Å². The summed E-state index contributed by atoms with van der Waals surface area (Å²) in [6.45, 7) is 5.84. The monoisotopic (exact) mass is 308 g/mol. The van der Waals surface area contributed by atoms with Crippen LogP contribution in [0, 0.1) is 18.3 Å². The molecule has 0 spiro atoms. The molecule has 1 fully saturated rings. The molecule has 1 aliphatic carbocycles. The number of nitrogens with zero attached hydrogens (tertiary/aromatic N) is 3. The summed E-state index contributed by atoms with van der Waals surface area (Å²) in [7, 11) is 0. The minimum atomic E-state index is -0.0724. The number of carbonyl (C=O) groups excluding carboxylic acids is 1. The van der Waals surface area contributed by atoms with E-state index in [1.807, 2.05) is 37.6 Å². The number of hydrogen-bond acceptors (Lipinski definition) is 3. The van der Waals surface area contributed by atoms with Crippen molar-refractivity contribution in [2.45, 2.75) is 45.7 Å². The molecule has 1 heterocycles. The van der Waals surface area contributed by atoms with E-state index in [0.29, 0.717) is 17.3 Å². The topological polar surface area (TPSA) is 70.7 Å². The fourth-order valence-electron chi connectivity index (χ4n) is 2.68. The van der Waals surface area contributed by atoms with Crippen molar-refractivity contribution in [2.24, 2.45) is 0 Å². The van der Waals surface area contributed by atoms with Gasteiger partial charge < -0.3 is 5.32 Å². The SMILES string of the molecule is Cc1c(-c2ccc(C#N)cc2)nn(C2CC2)c1C(=O)NC(C)C. The molecule has 0 aliphatic heterocycles. The van der Waals surface area contributed by atoms with E-state index in [9.17, 15) is 4.79 Å². The van der Waals surface area contributed by atoms with Crippen molar-refractivity contribution in [2.75, 3.05) is 0 Å². The fourth-order valence-corrected chi connectivity index (χ4v) is 2.68. The average Bonchev–Trinajstić information content (AvgIpc) is 3.30. The lowest BCUT2D eigenvalue weighted by Gasteiger charge is -2.10. The molecule has 1 aromatic carbocycles. The maximum Gasteiger partial charge on any atom is 0.270 e. The number of nitrogens with one attached hydrogen (secondary N) is 1. The van der Waals surface area contributed by atoms with Gasteiger partial charge >= 0.3 is 0 Å². The van der Waals surface area contributed by atoms with E-state index in [4.69, 9.17) is 10.4 Å². The lowest BCUT2D eigenvalue weighted by Crippen LogP contribution is -2.32. The highest BCUT2D eigenvalue weighted by atomic mass is 16.2. The van der Waals surface area contributed by atoms with Crippen LogP contribution in [-0.4, -0.2) is 21.7 Å². The Kier molecular flexibility index (Phi) is 3.91. The van der Waals surface area contributed by atoms with Crippen LogP contribution >= 0.6 is 0 Å². The van der Waals surface area contributed by atoms with E-state index in [0.717, 1.165) is 29.7 Å². The van der Waals surface area contributed by atoms with Gasteiger partial charge in [-0.2, -0.15) is 10.4 Å². The number of benzene rings is 1. The smallest absolute Gasteiger partial charge is 0.270 e. The molecule has 5 nitrogen and oxygen atoms in total. The van der Waals surface area contributed by atoms with Gasteiger partial charge in [0.1, 0.15) is 5.69 Å². The van der Waals surface area contributed by atoms with E-state index in [1.165, 1.54) is 0 Å². The minimum absolute atomic E-state index is 0.0724. The molecule has 0 atom stereocenters. The average molecular weight is 308 g/mol. The third kappa shape index (κ3) is 2.98. The summed E-state index contributed by atoms with van der Waals surface area (Å²) in [6.07, 6.45) is 2.13. The predicted molar refractivity (Wildman–Crippen MR) is 88.0 cm³/mol. The van der Waals surface area contributed by atoms with E-state index in [1.54, 1.807) is 12.1 Å². The molecule has 1 amide bonds. The van der Waals surface area contributed by atoms with Crippen LogP contribution in [0.3, 0.4) is 0 Å². The van der Waals surface area contributed by atoms with Gasteiger partial charge in [0.15, 0.2) is 0 Å². The number of carbonyl (C=O) groups is 1. The number of amides is 1. The molecule has 1 N–H and O–H groups in total. The van der Waals surface area contributed by atoms with Crippen LogP contribution in [-0.2, 0) is 0 Å². The third-order valence-corrected chi connectivity index (χ3v) is 3.96. The van der Waals surface area contributed by atoms with Crippen molar-refractivity contribution in [3.05, 3.63) is 41.1 Å². The van der Waals surface area contributed by atoms with Crippen LogP contribution in [0.2, 0.25) is 0 Å². The summed E-state index contributed by atoms with van der Waals surface area (Å²) in [4.78, 5) is 12.6. The molecule has 1 aliphatic rings. The Morgan fingerprint density at radius 1 is 1.35 bits per heavy atom. The summed E-state index contributed by atoms with van der Waals surface area (Å²) in [6, 6.07) is 9.85. The molecule has 0 saturated heterocycles. The van der Waals surface area contributed by atoms with Gasteiger partial charge in [0.2, 0.25) is 0 Å². The van der Waals surface area contributed by atoms with Crippen molar-refractivity contribution < 1.29 is 4.79 Å². The second-order valence-electron chi connectivity index (χ2n) is 6.32. The normalized spacial score (nSPS) is 13.9. The standard InChI is InChI=1S/C18H20N4O/c1-11(2)20-18(23)17-12(3)16(21-22(17)15-8-9-15)14-6-4-13(10-19)5-7-14/h4-7,11,15H,8-9H2,1-3H3,(H,20,23). The molecule has 0 radical (unpaired) electrons. The number of aromatic nitrogens is 2. The first-order chi connectivity index (χ1) is 11.0. The summed E-state index contributed by atoms with van der Waals surface area (Å²) < 4.78 is 1.88. The van der Waals surface area contributed by atoms with E-state index >= 15 is 0 Å². The molecule has 0 unspecified atom stereocenters. The highest BCUT2D eigenvalue weighted by molar-refractivity contribution is 5.96. The van der Waals surface area contributed by atoms with Crippen LogP contribution in [0.1, 0.15) is 54.3 Å². The second-order valence-corrected chi connectivity index (χ2v) is 6.32. The molecule has 5 heteroatoms. The molecule has 1 saturated carbocycles. The molecule has 1 aromatic heterocycles. The van der Waals surface area contributed by atoms with E-state index < -0.39 is 0 Å². The molecular formula is C18H20N4O. The Morgan fingerprint density at radius 3 is 2.52 bits per heavy atom. The Bertz CT molecular complexity index is 777. The van der Waals surface area contributed by atoms with Crippen molar-refractivity contribution in [1.82, 2.24) is 15.1 Å². The zero-order chi connectivity index (χ0) is 16.6. The zero-order valence-electron chi connectivity index (χ0n) is 13.6. The molecular weight excluding hydrogens is 288 g/mol. The minimum Gasteiger partial charge on any atom is -0.349 e. The Morgan fingerprint density at radius 2 is 2.00 bits per heavy atom. The van der Waals surface area contributed by atoms with Crippen LogP contribution in [0.5, 0.6) is 0 Å². The van der Waals surface area contributed by atoms with Gasteiger partial charge in [0.25, 0.3) is 5.91 Å². The first kappa shape index (κ1) is 15.3. The van der Waals surface area contributed by atoms with E-state index in [-0.39, 0.29) is 11.9 Å². The first-order valence-corrected chi connectivity index (χ1v) is 7.91. The van der Waals surface area contributed by atoms with E-state index in [2.05, 4.69) is 11.4 Å². The van der Waals surface area contributed by atoms with Crippen LogP contribution in [0.25, 0.3) is 11.3 Å². The van der Waals surface area contributed by atoms with Crippen molar-refractivity contribution in [3.8, 4) is 17.3 Å². The first-order valence-electron chi connectivity index (χ1n) is 7.91. The predicted octanol–water partition coefficient (Wildman–Crippen LogP) is 3.20. The number of nitriles is 1.